The summed E-state index contributed by atoms with van der Waals surface area (Å²) in [5, 5.41) is 5.53. The molecule has 0 aliphatic heterocycles. The molecule has 138 valence electrons. The van der Waals surface area contributed by atoms with Crippen LogP contribution in [0, 0.1) is 0 Å². The van der Waals surface area contributed by atoms with Crippen LogP contribution in [0.4, 0.5) is 0 Å². The second-order valence-electron chi connectivity index (χ2n) is 6.36. The van der Waals surface area contributed by atoms with E-state index in [-0.39, 0.29) is 6.04 Å². The van der Waals surface area contributed by atoms with Crippen molar-refractivity contribution in [2.45, 2.75) is 51.0 Å². The van der Waals surface area contributed by atoms with E-state index in [0.29, 0.717) is 24.5 Å². The first kappa shape index (κ1) is 19.1. The number of hydrogen-bond acceptors (Lipinski definition) is 4. The van der Waals surface area contributed by atoms with Gasteiger partial charge in [-0.3, -0.25) is 9.59 Å². The van der Waals surface area contributed by atoms with Crippen LogP contribution in [0.25, 0.3) is 0 Å². The fourth-order valence-corrected chi connectivity index (χ4v) is 3.11. The molecule has 25 heavy (non-hydrogen) atoms. The molecule has 1 fully saturated rings. The van der Waals surface area contributed by atoms with Gasteiger partial charge < -0.3 is 20.1 Å². The van der Waals surface area contributed by atoms with Crippen LogP contribution in [0.2, 0.25) is 0 Å². The number of rotatable bonds is 6. The Kier molecular flexibility index (Phi) is 7.57. The number of methoxy groups -OCH3 is 2. The fourth-order valence-electron chi connectivity index (χ4n) is 3.11. The SMILES string of the molecule is COc1ccc(CCNC(=O)C(=O)NC2CCCCCC2)cc1OC. The largest absolute Gasteiger partial charge is 0.493 e. The average molecular weight is 348 g/mol. The zero-order valence-electron chi connectivity index (χ0n) is 15.1. The number of hydrogen-bond donors (Lipinski definition) is 2. The van der Waals surface area contributed by atoms with Gasteiger partial charge in [-0.1, -0.05) is 31.7 Å². The molecule has 0 saturated heterocycles. The first-order valence-electron chi connectivity index (χ1n) is 8.93. The summed E-state index contributed by atoms with van der Waals surface area (Å²) < 4.78 is 10.5. The normalized spacial score (nSPS) is 15.1. The minimum atomic E-state index is -0.565. The number of benzene rings is 1. The van der Waals surface area contributed by atoms with Gasteiger partial charge in [-0.2, -0.15) is 0 Å². The van der Waals surface area contributed by atoms with Crippen LogP contribution < -0.4 is 20.1 Å². The Morgan fingerprint density at radius 1 is 1.00 bits per heavy atom. The summed E-state index contributed by atoms with van der Waals surface area (Å²) in [4.78, 5) is 23.9. The molecule has 1 aromatic carbocycles. The van der Waals surface area contributed by atoms with Gasteiger partial charge in [-0.15, -0.1) is 0 Å². The van der Waals surface area contributed by atoms with E-state index in [9.17, 15) is 9.59 Å². The van der Waals surface area contributed by atoms with Gasteiger partial charge in [0.2, 0.25) is 0 Å². The summed E-state index contributed by atoms with van der Waals surface area (Å²) >= 11 is 0. The lowest BCUT2D eigenvalue weighted by Gasteiger charge is -2.15. The quantitative estimate of drug-likeness (QED) is 0.610. The second kappa shape index (κ2) is 9.91. The van der Waals surface area contributed by atoms with E-state index in [4.69, 9.17) is 9.47 Å². The zero-order chi connectivity index (χ0) is 18.1. The van der Waals surface area contributed by atoms with Crippen LogP contribution in [-0.2, 0) is 16.0 Å². The van der Waals surface area contributed by atoms with Crippen molar-refractivity contribution >= 4 is 11.8 Å². The highest BCUT2D eigenvalue weighted by Crippen LogP contribution is 2.27. The molecule has 2 amide bonds. The molecule has 1 saturated carbocycles. The van der Waals surface area contributed by atoms with E-state index in [1.807, 2.05) is 18.2 Å². The highest BCUT2D eigenvalue weighted by atomic mass is 16.5. The highest BCUT2D eigenvalue weighted by Gasteiger charge is 2.19. The van der Waals surface area contributed by atoms with Crippen molar-refractivity contribution < 1.29 is 19.1 Å². The Morgan fingerprint density at radius 2 is 1.68 bits per heavy atom. The molecule has 6 nitrogen and oxygen atoms in total. The third-order valence-electron chi connectivity index (χ3n) is 4.54. The number of ether oxygens (including phenoxy) is 2. The molecule has 0 unspecified atom stereocenters. The Balaban J connectivity index is 1.76. The van der Waals surface area contributed by atoms with Crippen LogP contribution in [0.5, 0.6) is 11.5 Å². The minimum absolute atomic E-state index is 0.131. The van der Waals surface area contributed by atoms with E-state index in [1.54, 1.807) is 14.2 Å². The van der Waals surface area contributed by atoms with Crippen molar-refractivity contribution in [2.75, 3.05) is 20.8 Å². The van der Waals surface area contributed by atoms with Crippen molar-refractivity contribution in [1.29, 1.82) is 0 Å². The molecule has 0 aromatic heterocycles. The number of nitrogens with one attached hydrogen (secondary N) is 2. The fraction of sp³-hybridized carbons (Fsp3) is 0.579. The summed E-state index contributed by atoms with van der Waals surface area (Å²) in [6.45, 7) is 0.395. The van der Waals surface area contributed by atoms with Gasteiger partial charge in [0.15, 0.2) is 11.5 Å². The smallest absolute Gasteiger partial charge is 0.309 e. The van der Waals surface area contributed by atoms with Crippen LogP contribution in [0.1, 0.15) is 44.1 Å². The monoisotopic (exact) mass is 348 g/mol. The molecule has 0 radical (unpaired) electrons. The van der Waals surface area contributed by atoms with Crippen molar-refractivity contribution in [3.63, 3.8) is 0 Å². The lowest BCUT2D eigenvalue weighted by molar-refractivity contribution is -0.139. The molecule has 1 aliphatic carbocycles. The van der Waals surface area contributed by atoms with Gasteiger partial charge in [0.25, 0.3) is 0 Å². The maximum atomic E-state index is 12.0. The molecule has 0 atom stereocenters. The van der Waals surface area contributed by atoms with E-state index in [1.165, 1.54) is 12.8 Å². The molecule has 2 rings (SSSR count). The van der Waals surface area contributed by atoms with Gasteiger partial charge >= 0.3 is 11.8 Å². The predicted octanol–water partition coefficient (Wildman–Crippen LogP) is 2.20. The summed E-state index contributed by atoms with van der Waals surface area (Å²) in [5.41, 5.74) is 1.00. The molecule has 0 heterocycles. The highest BCUT2D eigenvalue weighted by molar-refractivity contribution is 6.35. The van der Waals surface area contributed by atoms with Crippen LogP contribution >= 0.6 is 0 Å². The average Bonchev–Trinajstić information content (AvgIpc) is 2.90. The number of carbonyl (C=O) groups is 2. The van der Waals surface area contributed by atoms with Crippen molar-refractivity contribution in [3.8, 4) is 11.5 Å². The standard InChI is InChI=1S/C19H28N2O4/c1-24-16-10-9-14(13-17(16)25-2)11-12-20-18(22)19(23)21-15-7-5-3-4-6-8-15/h9-10,13,15H,3-8,11-12H2,1-2H3,(H,20,22)(H,21,23). The third kappa shape index (κ3) is 5.96. The third-order valence-corrected chi connectivity index (χ3v) is 4.54. The molecular formula is C19H28N2O4. The van der Waals surface area contributed by atoms with Gasteiger partial charge in [-0.25, -0.2) is 0 Å². The van der Waals surface area contributed by atoms with E-state index in [2.05, 4.69) is 10.6 Å². The summed E-state index contributed by atoms with van der Waals surface area (Å²) in [7, 11) is 3.17. The Bertz CT molecular complexity index is 581. The van der Waals surface area contributed by atoms with Crippen LogP contribution in [-0.4, -0.2) is 38.6 Å². The number of amides is 2. The van der Waals surface area contributed by atoms with Crippen LogP contribution in [0.15, 0.2) is 18.2 Å². The topological polar surface area (TPSA) is 76.7 Å². The maximum Gasteiger partial charge on any atom is 0.309 e. The first-order chi connectivity index (χ1) is 12.1. The molecule has 0 bridgehead atoms. The van der Waals surface area contributed by atoms with Gasteiger partial charge in [0.05, 0.1) is 14.2 Å². The van der Waals surface area contributed by atoms with Crippen LogP contribution in [0.3, 0.4) is 0 Å². The molecule has 1 aromatic rings. The lowest BCUT2D eigenvalue weighted by atomic mass is 10.1. The van der Waals surface area contributed by atoms with E-state index >= 15 is 0 Å². The summed E-state index contributed by atoms with van der Waals surface area (Å²) in [5.74, 6) is 0.222. The van der Waals surface area contributed by atoms with Gasteiger partial charge in [0.1, 0.15) is 0 Å². The lowest BCUT2D eigenvalue weighted by Crippen LogP contribution is -2.44. The maximum absolute atomic E-state index is 12.0. The second-order valence-corrected chi connectivity index (χ2v) is 6.36. The zero-order valence-corrected chi connectivity index (χ0v) is 15.1. The molecular weight excluding hydrogens is 320 g/mol. The number of carbonyl (C=O) groups excluding carboxylic acids is 2. The van der Waals surface area contributed by atoms with Gasteiger partial charge in [0, 0.05) is 12.6 Å². The van der Waals surface area contributed by atoms with Crippen molar-refractivity contribution in [3.05, 3.63) is 23.8 Å². The Labute approximate surface area is 149 Å². The Morgan fingerprint density at radius 3 is 2.32 bits per heavy atom. The minimum Gasteiger partial charge on any atom is -0.493 e. The molecule has 2 N–H and O–H groups in total. The Hall–Kier alpha value is -2.24. The van der Waals surface area contributed by atoms with Gasteiger partial charge in [-0.05, 0) is 37.0 Å². The molecule has 0 spiro atoms. The van der Waals surface area contributed by atoms with Crippen molar-refractivity contribution in [1.82, 2.24) is 10.6 Å². The van der Waals surface area contributed by atoms with E-state index < -0.39 is 11.8 Å². The molecule has 6 heteroatoms. The predicted molar refractivity (Wildman–Crippen MR) is 95.9 cm³/mol. The molecule has 1 aliphatic rings. The van der Waals surface area contributed by atoms with Crippen molar-refractivity contribution in [2.24, 2.45) is 0 Å². The summed E-state index contributed by atoms with van der Waals surface area (Å²) in [6, 6.07) is 5.75. The van der Waals surface area contributed by atoms with E-state index in [0.717, 1.165) is 31.2 Å². The first-order valence-corrected chi connectivity index (χ1v) is 8.93. The summed E-state index contributed by atoms with van der Waals surface area (Å²) in [6.07, 6.45) is 7.20.